The van der Waals surface area contributed by atoms with E-state index in [2.05, 4.69) is 16.3 Å². The van der Waals surface area contributed by atoms with Crippen molar-refractivity contribution in [2.24, 2.45) is 0 Å². The van der Waals surface area contributed by atoms with E-state index in [-0.39, 0.29) is 0 Å². The molecule has 1 aromatic rings. The minimum absolute atomic E-state index is 0.587. The van der Waals surface area contributed by atoms with Gasteiger partial charge in [-0.2, -0.15) is 5.26 Å². The van der Waals surface area contributed by atoms with Crippen molar-refractivity contribution >= 4 is 17.3 Å². The highest BCUT2D eigenvalue weighted by atomic mass is 35.5. The summed E-state index contributed by atoms with van der Waals surface area (Å²) in [6, 6.07) is 8.96. The molecule has 2 aliphatic heterocycles. The Balaban J connectivity index is 1.84. The van der Waals surface area contributed by atoms with Crippen LogP contribution in [0, 0.1) is 11.3 Å². The van der Waals surface area contributed by atoms with Crippen molar-refractivity contribution in [3.63, 3.8) is 0 Å². The van der Waals surface area contributed by atoms with Crippen LogP contribution in [-0.2, 0) is 0 Å². The minimum Gasteiger partial charge on any atom is -0.369 e. The van der Waals surface area contributed by atoms with E-state index >= 15 is 0 Å². The molecule has 0 saturated carbocycles. The first-order valence-corrected chi connectivity index (χ1v) is 6.84. The van der Waals surface area contributed by atoms with Crippen molar-refractivity contribution in [1.82, 2.24) is 5.32 Å². The van der Waals surface area contributed by atoms with Crippen LogP contribution in [0.4, 0.5) is 5.69 Å². The third kappa shape index (κ3) is 2.19. The van der Waals surface area contributed by atoms with Crippen molar-refractivity contribution in [2.75, 3.05) is 18.0 Å². The molecule has 0 spiro atoms. The molecule has 2 unspecified atom stereocenters. The molecule has 3 nitrogen and oxygen atoms in total. The Morgan fingerprint density at radius 3 is 2.89 bits per heavy atom. The third-order valence-corrected chi connectivity index (χ3v) is 4.24. The van der Waals surface area contributed by atoms with Crippen LogP contribution in [0.15, 0.2) is 18.2 Å². The van der Waals surface area contributed by atoms with Gasteiger partial charge in [0, 0.05) is 25.2 Å². The largest absolute Gasteiger partial charge is 0.369 e. The number of benzene rings is 1. The van der Waals surface area contributed by atoms with E-state index in [1.165, 1.54) is 19.3 Å². The fourth-order valence-electron chi connectivity index (χ4n) is 2.99. The number of hydrogen-bond acceptors (Lipinski definition) is 3. The summed E-state index contributed by atoms with van der Waals surface area (Å²) in [6.07, 6.45) is 3.74. The van der Waals surface area contributed by atoms with Crippen LogP contribution in [0.3, 0.4) is 0 Å². The molecule has 94 valence electrons. The zero-order valence-corrected chi connectivity index (χ0v) is 11.0. The van der Waals surface area contributed by atoms with Gasteiger partial charge in [-0.3, -0.25) is 0 Å². The van der Waals surface area contributed by atoms with E-state index in [9.17, 15) is 0 Å². The van der Waals surface area contributed by atoms with E-state index < -0.39 is 0 Å². The Hall–Kier alpha value is -1.24. The van der Waals surface area contributed by atoms with Gasteiger partial charge in [0.25, 0.3) is 0 Å². The molecule has 18 heavy (non-hydrogen) atoms. The number of halogens is 1. The van der Waals surface area contributed by atoms with Gasteiger partial charge in [0.1, 0.15) is 0 Å². The average Bonchev–Trinajstić information content (AvgIpc) is 2.70. The lowest BCUT2D eigenvalue weighted by atomic mass is 10.1. The quantitative estimate of drug-likeness (QED) is 0.844. The van der Waals surface area contributed by atoms with Crippen LogP contribution in [0.25, 0.3) is 0 Å². The van der Waals surface area contributed by atoms with Crippen molar-refractivity contribution in [3.8, 4) is 6.07 Å². The molecule has 2 aliphatic rings. The number of fused-ring (bicyclic) bond motifs is 2. The van der Waals surface area contributed by atoms with E-state index in [1.54, 1.807) is 6.07 Å². The van der Waals surface area contributed by atoms with Gasteiger partial charge in [-0.1, -0.05) is 11.6 Å². The summed E-state index contributed by atoms with van der Waals surface area (Å²) in [5, 5.41) is 13.2. The first-order valence-electron chi connectivity index (χ1n) is 6.47. The minimum atomic E-state index is 0.587. The second-order valence-electron chi connectivity index (χ2n) is 5.15. The highest BCUT2D eigenvalue weighted by Crippen LogP contribution is 2.30. The first kappa shape index (κ1) is 11.8. The lowest BCUT2D eigenvalue weighted by Gasteiger charge is -2.27. The molecule has 2 saturated heterocycles. The van der Waals surface area contributed by atoms with Gasteiger partial charge in [0.2, 0.25) is 0 Å². The van der Waals surface area contributed by atoms with Gasteiger partial charge in [-0.15, -0.1) is 0 Å². The second kappa shape index (κ2) is 4.79. The smallest absolute Gasteiger partial charge is 0.0992 e. The van der Waals surface area contributed by atoms with Gasteiger partial charge >= 0.3 is 0 Å². The monoisotopic (exact) mass is 261 g/mol. The lowest BCUT2D eigenvalue weighted by molar-refractivity contribution is 0.563. The van der Waals surface area contributed by atoms with E-state index in [1.807, 2.05) is 12.1 Å². The summed E-state index contributed by atoms with van der Waals surface area (Å²) in [4.78, 5) is 2.35. The SMILES string of the molecule is N#Cc1ccc(N2CCC3CCC(C2)N3)c(Cl)c1. The number of hydrogen-bond donors (Lipinski definition) is 1. The van der Waals surface area contributed by atoms with Gasteiger partial charge in [0.15, 0.2) is 0 Å². The summed E-state index contributed by atoms with van der Waals surface area (Å²) in [7, 11) is 0. The van der Waals surface area contributed by atoms with Gasteiger partial charge in [-0.25, -0.2) is 0 Å². The third-order valence-electron chi connectivity index (χ3n) is 3.94. The highest BCUT2D eigenvalue weighted by molar-refractivity contribution is 6.33. The number of rotatable bonds is 1. The molecule has 4 heteroatoms. The predicted molar refractivity (Wildman–Crippen MR) is 72.9 cm³/mol. The van der Waals surface area contributed by atoms with Gasteiger partial charge in [-0.05, 0) is 37.5 Å². The average molecular weight is 262 g/mol. The lowest BCUT2D eigenvalue weighted by Crippen LogP contribution is -2.35. The Morgan fingerprint density at radius 1 is 1.28 bits per heavy atom. The Kier molecular flexibility index (Phi) is 3.15. The molecule has 0 aromatic heterocycles. The van der Waals surface area contributed by atoms with Crippen molar-refractivity contribution in [2.45, 2.75) is 31.3 Å². The summed E-state index contributed by atoms with van der Waals surface area (Å²) < 4.78 is 0. The van der Waals surface area contributed by atoms with E-state index in [4.69, 9.17) is 16.9 Å². The van der Waals surface area contributed by atoms with Crippen molar-refractivity contribution in [1.29, 1.82) is 5.26 Å². The highest BCUT2D eigenvalue weighted by Gasteiger charge is 2.29. The maximum Gasteiger partial charge on any atom is 0.0992 e. The topological polar surface area (TPSA) is 39.1 Å². The molecule has 2 atom stereocenters. The molecule has 0 amide bonds. The van der Waals surface area contributed by atoms with Crippen molar-refractivity contribution in [3.05, 3.63) is 28.8 Å². The fraction of sp³-hybridized carbons (Fsp3) is 0.500. The van der Waals surface area contributed by atoms with Crippen LogP contribution in [0.5, 0.6) is 0 Å². The molecule has 2 bridgehead atoms. The molecule has 1 N–H and O–H groups in total. The maximum atomic E-state index is 8.86. The Bertz CT molecular complexity index is 494. The number of nitriles is 1. The molecule has 0 radical (unpaired) electrons. The Labute approximate surface area is 112 Å². The fourth-order valence-corrected chi connectivity index (χ4v) is 3.29. The zero-order valence-electron chi connectivity index (χ0n) is 10.2. The summed E-state index contributed by atoms with van der Waals surface area (Å²) in [5.41, 5.74) is 1.68. The summed E-state index contributed by atoms with van der Waals surface area (Å²) in [5.74, 6) is 0. The maximum absolute atomic E-state index is 8.86. The molecular weight excluding hydrogens is 246 g/mol. The van der Waals surface area contributed by atoms with Crippen LogP contribution < -0.4 is 10.2 Å². The molecular formula is C14H16ClN3. The van der Waals surface area contributed by atoms with Crippen LogP contribution in [0.1, 0.15) is 24.8 Å². The van der Waals surface area contributed by atoms with Crippen LogP contribution in [-0.4, -0.2) is 25.2 Å². The molecule has 2 heterocycles. The van der Waals surface area contributed by atoms with Crippen LogP contribution in [0.2, 0.25) is 5.02 Å². The predicted octanol–water partition coefficient (Wildman–Crippen LogP) is 2.54. The summed E-state index contributed by atoms with van der Waals surface area (Å²) >= 11 is 6.28. The zero-order chi connectivity index (χ0) is 12.5. The number of nitrogens with one attached hydrogen (secondary N) is 1. The number of nitrogens with zero attached hydrogens (tertiary/aromatic N) is 2. The van der Waals surface area contributed by atoms with Crippen LogP contribution >= 0.6 is 11.6 Å². The second-order valence-corrected chi connectivity index (χ2v) is 5.56. The normalized spacial score (nSPS) is 26.8. The Morgan fingerprint density at radius 2 is 2.11 bits per heavy atom. The molecule has 0 aliphatic carbocycles. The standard InChI is InChI=1S/C14H16ClN3/c15-13-7-10(8-16)1-4-14(13)18-6-5-11-2-3-12(9-18)17-11/h1,4,7,11-12,17H,2-3,5-6,9H2. The van der Waals surface area contributed by atoms with Gasteiger partial charge < -0.3 is 10.2 Å². The van der Waals surface area contributed by atoms with E-state index in [0.29, 0.717) is 22.7 Å². The summed E-state index contributed by atoms with van der Waals surface area (Å²) in [6.45, 7) is 2.06. The van der Waals surface area contributed by atoms with E-state index in [0.717, 1.165) is 18.8 Å². The first-order chi connectivity index (χ1) is 8.76. The number of anilines is 1. The van der Waals surface area contributed by atoms with Crippen molar-refractivity contribution < 1.29 is 0 Å². The van der Waals surface area contributed by atoms with Gasteiger partial charge in [0.05, 0.1) is 22.3 Å². The molecule has 2 fully saturated rings. The molecule has 3 rings (SSSR count). The molecule has 1 aromatic carbocycles.